The van der Waals surface area contributed by atoms with Crippen molar-refractivity contribution < 1.29 is 27.9 Å². The van der Waals surface area contributed by atoms with E-state index in [4.69, 9.17) is 9.84 Å². The number of rotatable bonds is 3. The first-order valence-electron chi connectivity index (χ1n) is 7.40. The number of hydrogen-bond acceptors (Lipinski definition) is 5. The third-order valence-corrected chi connectivity index (χ3v) is 6.03. The zero-order chi connectivity index (χ0) is 16.6. The average Bonchev–Trinajstić information content (AvgIpc) is 2.55. The van der Waals surface area contributed by atoms with Crippen LogP contribution in [0, 0.1) is 0 Å². The molecule has 0 aromatic heterocycles. The number of sulfonamides is 1. The zero-order valence-electron chi connectivity index (χ0n) is 12.4. The van der Waals surface area contributed by atoms with Crippen LogP contribution in [0.15, 0.2) is 23.1 Å². The Labute approximate surface area is 133 Å². The van der Waals surface area contributed by atoms with Crippen LogP contribution in [-0.2, 0) is 26.0 Å². The Bertz CT molecular complexity index is 757. The van der Waals surface area contributed by atoms with Gasteiger partial charge in [0, 0.05) is 18.5 Å². The molecule has 0 radical (unpaired) electrons. The molecule has 1 aliphatic heterocycles. The fourth-order valence-corrected chi connectivity index (χ4v) is 4.40. The van der Waals surface area contributed by atoms with Crippen molar-refractivity contribution in [2.24, 2.45) is 0 Å². The van der Waals surface area contributed by atoms with Crippen LogP contribution < -0.4 is 0 Å². The predicted molar refractivity (Wildman–Crippen MR) is 79.8 cm³/mol. The number of morpholine rings is 1. The molecule has 0 amide bonds. The number of Topliss-reactive ketones (excluding diaryl/α,β-unsaturated/α-hetero) is 1. The van der Waals surface area contributed by atoms with Crippen LogP contribution in [0.4, 0.5) is 0 Å². The monoisotopic (exact) mass is 339 g/mol. The lowest BCUT2D eigenvalue weighted by Crippen LogP contribution is -2.48. The number of carboxylic acids is 1. The number of ketones is 1. The normalized spacial score (nSPS) is 22.6. The van der Waals surface area contributed by atoms with Crippen LogP contribution in [-0.4, -0.2) is 55.4 Å². The van der Waals surface area contributed by atoms with Crippen molar-refractivity contribution in [3.8, 4) is 0 Å². The number of aryl methyl sites for hydroxylation is 1. The number of benzene rings is 1. The van der Waals surface area contributed by atoms with Crippen molar-refractivity contribution in [1.82, 2.24) is 4.31 Å². The molecule has 0 saturated carbocycles. The summed E-state index contributed by atoms with van der Waals surface area (Å²) >= 11 is 0. The molecule has 1 aromatic rings. The van der Waals surface area contributed by atoms with Crippen LogP contribution in [0.3, 0.4) is 0 Å². The highest BCUT2D eigenvalue weighted by Crippen LogP contribution is 2.26. The van der Waals surface area contributed by atoms with Gasteiger partial charge >= 0.3 is 5.97 Å². The quantitative estimate of drug-likeness (QED) is 0.869. The largest absolute Gasteiger partial charge is 0.479 e. The average molecular weight is 339 g/mol. The van der Waals surface area contributed by atoms with Gasteiger partial charge in [0.2, 0.25) is 10.0 Å². The van der Waals surface area contributed by atoms with Crippen LogP contribution in [0.5, 0.6) is 0 Å². The molecule has 1 N–H and O–H groups in total. The molecule has 3 rings (SSSR count). The molecule has 1 aromatic carbocycles. The third kappa shape index (κ3) is 3.01. The lowest BCUT2D eigenvalue weighted by Gasteiger charge is -2.30. The SMILES string of the molecule is O=C1CCCc2cc(S(=O)(=O)N3CCOC(C(=O)O)C3)ccc21. The molecule has 7 nitrogen and oxygen atoms in total. The lowest BCUT2D eigenvalue weighted by atomic mass is 9.91. The summed E-state index contributed by atoms with van der Waals surface area (Å²) in [7, 11) is -3.80. The van der Waals surface area contributed by atoms with Gasteiger partial charge in [0.15, 0.2) is 11.9 Å². The standard InChI is InChI=1S/C15H17NO6S/c17-13-3-1-2-10-8-11(4-5-12(10)13)23(20,21)16-6-7-22-14(9-16)15(18)19/h4-5,8,14H,1-3,6-7,9H2,(H,18,19). The Hall–Kier alpha value is -1.77. The summed E-state index contributed by atoms with van der Waals surface area (Å²) in [5, 5.41) is 9.00. The Morgan fingerprint density at radius 1 is 1.30 bits per heavy atom. The Morgan fingerprint density at radius 3 is 2.83 bits per heavy atom. The van der Waals surface area contributed by atoms with E-state index in [1.807, 2.05) is 0 Å². The van der Waals surface area contributed by atoms with Crippen LogP contribution >= 0.6 is 0 Å². The summed E-state index contributed by atoms with van der Waals surface area (Å²) in [6, 6.07) is 4.51. The third-order valence-electron chi connectivity index (χ3n) is 4.17. The van der Waals surface area contributed by atoms with Crippen LogP contribution in [0.2, 0.25) is 0 Å². The first-order chi connectivity index (χ1) is 10.9. The number of ether oxygens (including phenoxy) is 1. The molecule has 0 spiro atoms. The maximum absolute atomic E-state index is 12.7. The number of fused-ring (bicyclic) bond motifs is 1. The molecule has 1 atom stereocenters. The maximum Gasteiger partial charge on any atom is 0.334 e. The summed E-state index contributed by atoms with van der Waals surface area (Å²) in [6.07, 6.45) is 0.722. The van der Waals surface area contributed by atoms with Gasteiger partial charge in [-0.2, -0.15) is 4.31 Å². The van der Waals surface area contributed by atoms with E-state index in [9.17, 15) is 18.0 Å². The van der Waals surface area contributed by atoms with E-state index in [0.717, 1.165) is 9.87 Å². The van der Waals surface area contributed by atoms with Crippen LogP contribution in [0.25, 0.3) is 0 Å². The Balaban J connectivity index is 1.91. The molecule has 1 heterocycles. The van der Waals surface area contributed by atoms with Gasteiger partial charge in [0.1, 0.15) is 0 Å². The summed E-state index contributed by atoms with van der Waals surface area (Å²) in [5.74, 6) is -1.14. The molecule has 8 heteroatoms. The van der Waals surface area contributed by atoms with Crippen molar-refractivity contribution in [1.29, 1.82) is 0 Å². The number of carbonyl (C=O) groups excluding carboxylic acids is 1. The zero-order valence-corrected chi connectivity index (χ0v) is 13.2. The number of carbonyl (C=O) groups is 2. The van der Waals surface area contributed by atoms with Crippen molar-refractivity contribution in [3.63, 3.8) is 0 Å². The van der Waals surface area contributed by atoms with Gasteiger partial charge in [-0.3, -0.25) is 4.79 Å². The second-order valence-electron chi connectivity index (χ2n) is 5.66. The van der Waals surface area contributed by atoms with E-state index in [1.54, 1.807) is 6.07 Å². The first-order valence-corrected chi connectivity index (χ1v) is 8.84. The van der Waals surface area contributed by atoms with Gasteiger partial charge in [-0.05, 0) is 36.6 Å². The highest BCUT2D eigenvalue weighted by Gasteiger charge is 2.34. The lowest BCUT2D eigenvalue weighted by molar-refractivity contribution is -0.153. The predicted octanol–water partition coefficient (Wildman–Crippen LogP) is 0.680. The Kier molecular flexibility index (Phi) is 4.22. The number of aliphatic carboxylic acids is 1. The molecule has 1 aliphatic carbocycles. The summed E-state index contributed by atoms with van der Waals surface area (Å²) in [5.41, 5.74) is 1.32. The molecule has 23 heavy (non-hydrogen) atoms. The minimum Gasteiger partial charge on any atom is -0.479 e. The molecule has 0 bridgehead atoms. The fourth-order valence-electron chi connectivity index (χ4n) is 2.93. The van der Waals surface area contributed by atoms with Gasteiger partial charge in [-0.1, -0.05) is 0 Å². The maximum atomic E-state index is 12.7. The number of hydrogen-bond donors (Lipinski definition) is 1. The molecule has 124 valence electrons. The van der Waals surface area contributed by atoms with E-state index in [0.29, 0.717) is 24.8 Å². The second kappa shape index (κ2) is 6.03. The second-order valence-corrected chi connectivity index (χ2v) is 7.59. The van der Waals surface area contributed by atoms with Crippen LogP contribution in [0.1, 0.15) is 28.8 Å². The molecule has 1 unspecified atom stereocenters. The highest BCUT2D eigenvalue weighted by atomic mass is 32.2. The molecule has 2 aliphatic rings. The molecule has 1 saturated heterocycles. The van der Waals surface area contributed by atoms with Gasteiger partial charge in [0.05, 0.1) is 18.0 Å². The van der Waals surface area contributed by atoms with Crippen molar-refractivity contribution in [2.75, 3.05) is 19.7 Å². The molecular formula is C15H17NO6S. The molecular weight excluding hydrogens is 322 g/mol. The van der Waals surface area contributed by atoms with Crippen molar-refractivity contribution in [2.45, 2.75) is 30.3 Å². The fraction of sp³-hybridized carbons (Fsp3) is 0.467. The number of nitrogens with zero attached hydrogens (tertiary/aromatic N) is 1. The van der Waals surface area contributed by atoms with Gasteiger partial charge in [-0.25, -0.2) is 13.2 Å². The minimum absolute atomic E-state index is 0.0347. The van der Waals surface area contributed by atoms with Gasteiger partial charge in [-0.15, -0.1) is 0 Å². The van der Waals surface area contributed by atoms with Crippen molar-refractivity contribution in [3.05, 3.63) is 29.3 Å². The minimum atomic E-state index is -3.80. The summed E-state index contributed by atoms with van der Waals surface area (Å²) in [4.78, 5) is 22.9. The first kappa shape index (κ1) is 16.1. The molecule has 1 fully saturated rings. The van der Waals surface area contributed by atoms with E-state index in [-0.39, 0.29) is 30.4 Å². The summed E-state index contributed by atoms with van der Waals surface area (Å²) < 4.78 is 31.6. The van der Waals surface area contributed by atoms with E-state index < -0.39 is 22.1 Å². The summed E-state index contributed by atoms with van der Waals surface area (Å²) in [6.45, 7) is -0.0601. The highest BCUT2D eigenvalue weighted by molar-refractivity contribution is 7.89. The van der Waals surface area contributed by atoms with Crippen molar-refractivity contribution >= 4 is 21.8 Å². The van der Waals surface area contributed by atoms with E-state index >= 15 is 0 Å². The smallest absolute Gasteiger partial charge is 0.334 e. The number of carboxylic acid groups (broad SMARTS) is 1. The van der Waals surface area contributed by atoms with E-state index in [1.165, 1.54) is 12.1 Å². The van der Waals surface area contributed by atoms with E-state index in [2.05, 4.69) is 0 Å². The van der Waals surface area contributed by atoms with Gasteiger partial charge < -0.3 is 9.84 Å². The Morgan fingerprint density at radius 2 is 2.09 bits per heavy atom. The topological polar surface area (TPSA) is 101 Å². The van der Waals surface area contributed by atoms with Gasteiger partial charge in [0.25, 0.3) is 0 Å².